The van der Waals surface area contributed by atoms with Gasteiger partial charge in [-0.2, -0.15) is 5.10 Å². The van der Waals surface area contributed by atoms with Crippen molar-refractivity contribution in [2.24, 2.45) is 0 Å². The SMILES string of the molecule is Cc1cc(N2CCOCC2)c2nc(C)c(C)n2n1. The maximum atomic E-state index is 5.41. The van der Waals surface area contributed by atoms with E-state index >= 15 is 0 Å². The second-order valence-electron chi connectivity index (χ2n) is 4.79. The highest BCUT2D eigenvalue weighted by Gasteiger charge is 2.18. The minimum Gasteiger partial charge on any atom is -0.378 e. The van der Waals surface area contributed by atoms with Crippen LogP contribution in [0.15, 0.2) is 6.07 Å². The lowest BCUT2D eigenvalue weighted by molar-refractivity contribution is 0.123. The van der Waals surface area contributed by atoms with E-state index in [4.69, 9.17) is 4.74 Å². The number of aromatic nitrogens is 3. The van der Waals surface area contributed by atoms with Gasteiger partial charge in [0.05, 0.1) is 36.0 Å². The largest absolute Gasteiger partial charge is 0.378 e. The summed E-state index contributed by atoms with van der Waals surface area (Å²) in [6.45, 7) is 9.53. The molecule has 96 valence electrons. The van der Waals surface area contributed by atoms with E-state index in [0.717, 1.165) is 49.0 Å². The van der Waals surface area contributed by atoms with Crippen LogP contribution >= 0.6 is 0 Å². The first-order valence-corrected chi connectivity index (χ1v) is 6.33. The third kappa shape index (κ3) is 1.75. The first-order valence-electron chi connectivity index (χ1n) is 6.33. The van der Waals surface area contributed by atoms with Crippen LogP contribution in [0.3, 0.4) is 0 Å². The Morgan fingerprint density at radius 2 is 1.89 bits per heavy atom. The molecule has 1 fully saturated rings. The summed E-state index contributed by atoms with van der Waals surface area (Å²) in [4.78, 5) is 6.98. The second-order valence-corrected chi connectivity index (χ2v) is 4.79. The smallest absolute Gasteiger partial charge is 0.177 e. The molecule has 1 aliphatic rings. The molecule has 0 amide bonds. The Kier molecular flexibility index (Phi) is 2.70. The van der Waals surface area contributed by atoms with Crippen LogP contribution < -0.4 is 4.90 Å². The summed E-state index contributed by atoms with van der Waals surface area (Å²) in [6.07, 6.45) is 0. The summed E-state index contributed by atoms with van der Waals surface area (Å²) in [6, 6.07) is 2.12. The first kappa shape index (κ1) is 11.5. The normalized spacial score (nSPS) is 16.5. The number of fused-ring (bicyclic) bond motifs is 1. The molecular formula is C13H18N4O. The van der Waals surface area contributed by atoms with E-state index in [2.05, 4.69) is 28.0 Å². The number of imidazole rings is 1. The second kappa shape index (κ2) is 4.24. The van der Waals surface area contributed by atoms with Gasteiger partial charge in [-0.1, -0.05) is 0 Å². The lowest BCUT2D eigenvalue weighted by Crippen LogP contribution is -2.36. The number of ether oxygens (including phenoxy) is 1. The molecule has 3 heterocycles. The average Bonchev–Trinajstić information content (AvgIpc) is 2.66. The number of anilines is 1. The summed E-state index contributed by atoms with van der Waals surface area (Å²) in [5.74, 6) is 0. The summed E-state index contributed by atoms with van der Waals surface area (Å²) in [5, 5.41) is 4.55. The first-order chi connectivity index (χ1) is 8.66. The van der Waals surface area contributed by atoms with Crippen LogP contribution in [0.4, 0.5) is 5.69 Å². The monoisotopic (exact) mass is 246 g/mol. The number of aryl methyl sites for hydroxylation is 3. The van der Waals surface area contributed by atoms with Gasteiger partial charge in [0.2, 0.25) is 0 Å². The van der Waals surface area contributed by atoms with E-state index in [1.165, 1.54) is 5.69 Å². The number of morpholine rings is 1. The van der Waals surface area contributed by atoms with Gasteiger partial charge in [0.15, 0.2) is 5.65 Å². The topological polar surface area (TPSA) is 42.7 Å². The van der Waals surface area contributed by atoms with Crippen LogP contribution in [0.5, 0.6) is 0 Å². The lowest BCUT2D eigenvalue weighted by atomic mass is 10.3. The molecule has 0 bridgehead atoms. The molecule has 2 aromatic heterocycles. The number of rotatable bonds is 1. The highest BCUT2D eigenvalue weighted by molar-refractivity contribution is 5.70. The van der Waals surface area contributed by atoms with E-state index in [-0.39, 0.29) is 0 Å². The zero-order valence-electron chi connectivity index (χ0n) is 11.1. The van der Waals surface area contributed by atoms with Crippen molar-refractivity contribution in [3.05, 3.63) is 23.1 Å². The zero-order valence-corrected chi connectivity index (χ0v) is 11.1. The fourth-order valence-corrected chi connectivity index (χ4v) is 2.37. The molecule has 0 aromatic carbocycles. The summed E-state index contributed by atoms with van der Waals surface area (Å²) < 4.78 is 7.36. The van der Waals surface area contributed by atoms with Gasteiger partial charge in [0, 0.05) is 13.1 Å². The molecule has 5 nitrogen and oxygen atoms in total. The number of hydrogen-bond acceptors (Lipinski definition) is 4. The van der Waals surface area contributed by atoms with Gasteiger partial charge >= 0.3 is 0 Å². The highest BCUT2D eigenvalue weighted by Crippen LogP contribution is 2.24. The Balaban J connectivity index is 2.17. The van der Waals surface area contributed by atoms with Crippen LogP contribution in [0.25, 0.3) is 5.65 Å². The van der Waals surface area contributed by atoms with Gasteiger partial charge < -0.3 is 9.64 Å². The van der Waals surface area contributed by atoms with Crippen molar-refractivity contribution in [1.29, 1.82) is 0 Å². The molecule has 0 atom stereocenters. The summed E-state index contributed by atoms with van der Waals surface area (Å²) in [5.41, 5.74) is 5.30. The molecule has 2 aromatic rings. The van der Waals surface area contributed by atoms with Crippen LogP contribution in [0.2, 0.25) is 0 Å². The van der Waals surface area contributed by atoms with Crippen molar-refractivity contribution in [2.45, 2.75) is 20.8 Å². The van der Waals surface area contributed by atoms with E-state index in [1.807, 2.05) is 18.4 Å². The maximum Gasteiger partial charge on any atom is 0.177 e. The Bertz CT molecular complexity index is 584. The lowest BCUT2D eigenvalue weighted by Gasteiger charge is -2.29. The Labute approximate surface area is 106 Å². The van der Waals surface area contributed by atoms with Crippen molar-refractivity contribution < 1.29 is 4.74 Å². The molecule has 1 aliphatic heterocycles. The minimum absolute atomic E-state index is 0.784. The molecule has 0 radical (unpaired) electrons. The van der Waals surface area contributed by atoms with E-state index in [1.54, 1.807) is 0 Å². The highest BCUT2D eigenvalue weighted by atomic mass is 16.5. The van der Waals surface area contributed by atoms with Crippen molar-refractivity contribution in [3.8, 4) is 0 Å². The molecule has 3 rings (SSSR count). The molecule has 18 heavy (non-hydrogen) atoms. The molecule has 0 aliphatic carbocycles. The van der Waals surface area contributed by atoms with Crippen molar-refractivity contribution in [2.75, 3.05) is 31.2 Å². The fraction of sp³-hybridized carbons (Fsp3) is 0.538. The van der Waals surface area contributed by atoms with Crippen molar-refractivity contribution in [1.82, 2.24) is 14.6 Å². The Morgan fingerprint density at radius 3 is 2.61 bits per heavy atom. The Hall–Kier alpha value is -1.62. The number of hydrogen-bond donors (Lipinski definition) is 0. The van der Waals surface area contributed by atoms with Gasteiger partial charge in [-0.15, -0.1) is 0 Å². The minimum atomic E-state index is 0.784. The summed E-state index contributed by atoms with van der Waals surface area (Å²) >= 11 is 0. The predicted molar refractivity (Wildman–Crippen MR) is 70.2 cm³/mol. The third-order valence-corrected chi connectivity index (χ3v) is 3.50. The molecular weight excluding hydrogens is 228 g/mol. The average molecular weight is 246 g/mol. The van der Waals surface area contributed by atoms with Crippen LogP contribution in [0, 0.1) is 20.8 Å². The van der Waals surface area contributed by atoms with Gasteiger partial charge in [-0.25, -0.2) is 9.50 Å². The molecule has 0 saturated carbocycles. The number of nitrogens with zero attached hydrogens (tertiary/aromatic N) is 4. The van der Waals surface area contributed by atoms with Gasteiger partial charge in [0.1, 0.15) is 0 Å². The van der Waals surface area contributed by atoms with Crippen LogP contribution in [-0.4, -0.2) is 40.9 Å². The van der Waals surface area contributed by atoms with Crippen LogP contribution in [0.1, 0.15) is 17.1 Å². The maximum absolute atomic E-state index is 5.41. The quantitative estimate of drug-likeness (QED) is 0.764. The molecule has 1 saturated heterocycles. The van der Waals surface area contributed by atoms with Gasteiger partial charge in [-0.05, 0) is 26.8 Å². The van der Waals surface area contributed by atoms with E-state index in [0.29, 0.717) is 0 Å². The molecule has 0 spiro atoms. The Morgan fingerprint density at radius 1 is 1.17 bits per heavy atom. The van der Waals surface area contributed by atoms with Gasteiger partial charge in [-0.3, -0.25) is 0 Å². The fourth-order valence-electron chi connectivity index (χ4n) is 2.37. The molecule has 0 unspecified atom stereocenters. The molecule has 0 N–H and O–H groups in total. The van der Waals surface area contributed by atoms with Crippen LogP contribution in [-0.2, 0) is 4.74 Å². The third-order valence-electron chi connectivity index (χ3n) is 3.50. The van der Waals surface area contributed by atoms with E-state index < -0.39 is 0 Å². The van der Waals surface area contributed by atoms with Crippen molar-refractivity contribution in [3.63, 3.8) is 0 Å². The van der Waals surface area contributed by atoms with Gasteiger partial charge in [0.25, 0.3) is 0 Å². The zero-order chi connectivity index (χ0) is 12.7. The molecule has 5 heteroatoms. The van der Waals surface area contributed by atoms with Crippen molar-refractivity contribution >= 4 is 11.3 Å². The predicted octanol–water partition coefficient (Wildman–Crippen LogP) is 1.49. The summed E-state index contributed by atoms with van der Waals surface area (Å²) in [7, 11) is 0. The van der Waals surface area contributed by atoms with E-state index in [9.17, 15) is 0 Å². The standard InChI is InChI=1S/C13H18N4O/c1-9-8-12(16-4-6-18-7-5-16)13-14-10(2)11(3)17(13)15-9/h8H,4-7H2,1-3H3.